The summed E-state index contributed by atoms with van der Waals surface area (Å²) in [7, 11) is 4.70. The molecule has 0 unspecified atom stereocenters. The summed E-state index contributed by atoms with van der Waals surface area (Å²) in [6.07, 6.45) is 1.29. The lowest BCUT2D eigenvalue weighted by Gasteiger charge is -2.16. The van der Waals surface area contributed by atoms with Crippen LogP contribution in [0.5, 0.6) is 17.2 Å². The first-order valence-corrected chi connectivity index (χ1v) is 9.21. The minimum absolute atomic E-state index is 0.0673. The van der Waals surface area contributed by atoms with Crippen LogP contribution in [0, 0.1) is 11.3 Å². The third kappa shape index (κ3) is 4.03. The van der Waals surface area contributed by atoms with E-state index < -0.39 is 0 Å². The Hall–Kier alpha value is -2.44. The maximum Gasteiger partial charge on any atom is 0.204 e. The summed E-state index contributed by atoms with van der Waals surface area (Å²) >= 11 is 4.90. The molecule has 2 aromatic rings. The van der Waals surface area contributed by atoms with Crippen LogP contribution in [0.2, 0.25) is 0 Å². The first-order valence-electron chi connectivity index (χ1n) is 7.54. The first-order chi connectivity index (χ1) is 12.5. The van der Waals surface area contributed by atoms with Crippen LogP contribution >= 0.6 is 27.3 Å². The van der Waals surface area contributed by atoms with Crippen LogP contribution in [0.1, 0.15) is 16.7 Å². The van der Waals surface area contributed by atoms with E-state index in [4.69, 9.17) is 25.7 Å². The fraction of sp³-hybridized carbons (Fsp3) is 0.294. The Balaban J connectivity index is 2.35. The van der Waals surface area contributed by atoms with Crippen molar-refractivity contribution >= 4 is 38.2 Å². The van der Waals surface area contributed by atoms with Gasteiger partial charge >= 0.3 is 0 Å². The number of benzene rings is 1. The van der Waals surface area contributed by atoms with Gasteiger partial charge in [0.05, 0.1) is 31.4 Å². The largest absolute Gasteiger partial charge is 0.493 e. The van der Waals surface area contributed by atoms with Crippen LogP contribution in [0.4, 0.5) is 5.00 Å². The third-order valence-electron chi connectivity index (χ3n) is 3.70. The van der Waals surface area contributed by atoms with Crippen LogP contribution in [0.3, 0.4) is 0 Å². The molecular weight excluding hydrogens is 420 g/mol. The molecule has 0 saturated heterocycles. The highest BCUT2D eigenvalue weighted by Gasteiger charge is 2.20. The van der Waals surface area contributed by atoms with Gasteiger partial charge in [-0.15, -0.1) is 11.3 Å². The van der Waals surface area contributed by atoms with Gasteiger partial charge in [-0.05, 0) is 51.3 Å². The number of nitrogens with two attached hydrogens (primary N) is 2. The highest BCUT2D eigenvalue weighted by molar-refractivity contribution is 9.10. The molecule has 7 nitrogen and oxygen atoms in total. The summed E-state index contributed by atoms with van der Waals surface area (Å²) in [5.41, 5.74) is 13.2. The lowest BCUT2D eigenvalue weighted by Crippen LogP contribution is -2.21. The standard InChI is InChI=1S/C17H19BrN4O3S/c1-23-12-6-9(13(18)15(25-3)14(12)24-2)4-5-10-8-26-16(11(10)7-19)22-17(20)21/h6,8H,4-5H2,1-3H3,(H4,20,21,22). The van der Waals surface area contributed by atoms with E-state index in [9.17, 15) is 5.26 Å². The zero-order valence-corrected chi connectivity index (χ0v) is 17.0. The highest BCUT2D eigenvalue weighted by Crippen LogP contribution is 2.45. The number of rotatable bonds is 7. The van der Waals surface area contributed by atoms with Crippen molar-refractivity contribution in [2.45, 2.75) is 12.8 Å². The SMILES string of the molecule is COc1cc(CCc2csc(N=C(N)N)c2C#N)c(Br)c(OC)c1OC. The number of aliphatic imine (C=N–C) groups is 1. The van der Waals surface area contributed by atoms with Gasteiger partial charge in [-0.1, -0.05) is 0 Å². The molecule has 26 heavy (non-hydrogen) atoms. The normalized spacial score (nSPS) is 10.1. The van der Waals surface area contributed by atoms with Crippen LogP contribution < -0.4 is 25.7 Å². The molecule has 0 radical (unpaired) electrons. The summed E-state index contributed by atoms with van der Waals surface area (Å²) in [6.45, 7) is 0. The number of guanidine groups is 1. The Kier molecular flexibility index (Phi) is 6.71. The molecule has 1 aromatic heterocycles. The van der Waals surface area contributed by atoms with E-state index in [2.05, 4.69) is 27.0 Å². The van der Waals surface area contributed by atoms with Gasteiger partial charge in [-0.3, -0.25) is 0 Å². The molecule has 0 fully saturated rings. The number of ether oxygens (including phenoxy) is 3. The van der Waals surface area contributed by atoms with E-state index in [1.54, 1.807) is 21.3 Å². The van der Waals surface area contributed by atoms with E-state index in [1.807, 2.05) is 11.4 Å². The zero-order valence-electron chi connectivity index (χ0n) is 14.6. The van der Waals surface area contributed by atoms with Crippen molar-refractivity contribution in [1.82, 2.24) is 0 Å². The van der Waals surface area contributed by atoms with Gasteiger partial charge in [0.2, 0.25) is 5.75 Å². The zero-order chi connectivity index (χ0) is 19.3. The Morgan fingerprint density at radius 3 is 2.35 bits per heavy atom. The molecule has 0 aliphatic carbocycles. The number of nitriles is 1. The maximum absolute atomic E-state index is 9.43. The van der Waals surface area contributed by atoms with Gasteiger partial charge in [0.1, 0.15) is 11.1 Å². The second kappa shape index (κ2) is 8.78. The minimum Gasteiger partial charge on any atom is -0.493 e. The van der Waals surface area contributed by atoms with Gasteiger partial charge in [0, 0.05) is 0 Å². The average molecular weight is 439 g/mol. The average Bonchev–Trinajstić information content (AvgIpc) is 3.00. The molecule has 2 rings (SSSR count). The van der Waals surface area contributed by atoms with Crippen LogP contribution in [-0.2, 0) is 12.8 Å². The van der Waals surface area contributed by atoms with E-state index >= 15 is 0 Å². The molecule has 0 aliphatic rings. The van der Waals surface area contributed by atoms with E-state index in [-0.39, 0.29) is 5.96 Å². The number of hydrogen-bond donors (Lipinski definition) is 2. The molecule has 0 spiro atoms. The fourth-order valence-corrected chi connectivity index (χ4v) is 4.11. The summed E-state index contributed by atoms with van der Waals surface area (Å²) < 4.78 is 17.0. The second-order valence-electron chi connectivity index (χ2n) is 5.21. The lowest BCUT2D eigenvalue weighted by atomic mass is 10.0. The Bertz CT molecular complexity index is 870. The molecule has 138 valence electrons. The van der Waals surface area contributed by atoms with Crippen LogP contribution in [0.25, 0.3) is 0 Å². The summed E-state index contributed by atoms with van der Waals surface area (Å²) in [4.78, 5) is 4.00. The monoisotopic (exact) mass is 438 g/mol. The molecule has 0 aliphatic heterocycles. The van der Waals surface area contributed by atoms with E-state index in [0.29, 0.717) is 40.7 Å². The molecule has 9 heteroatoms. The lowest BCUT2D eigenvalue weighted by molar-refractivity contribution is 0.322. The topological polar surface area (TPSA) is 116 Å². The summed E-state index contributed by atoms with van der Waals surface area (Å²) in [6, 6.07) is 4.06. The quantitative estimate of drug-likeness (QED) is 0.506. The number of thiophene rings is 1. The van der Waals surface area contributed by atoms with Gasteiger partial charge in [0.15, 0.2) is 17.5 Å². The Morgan fingerprint density at radius 1 is 1.15 bits per heavy atom. The molecule has 0 bridgehead atoms. The number of methoxy groups -OCH3 is 3. The van der Waals surface area contributed by atoms with Gasteiger partial charge < -0.3 is 25.7 Å². The molecule has 0 saturated carbocycles. The minimum atomic E-state index is -0.0673. The van der Waals surface area contributed by atoms with Crippen molar-refractivity contribution < 1.29 is 14.2 Å². The number of halogens is 1. The Morgan fingerprint density at radius 2 is 1.81 bits per heavy atom. The van der Waals surface area contributed by atoms with Crippen LogP contribution in [-0.4, -0.2) is 27.3 Å². The third-order valence-corrected chi connectivity index (χ3v) is 5.49. The van der Waals surface area contributed by atoms with E-state index in [1.165, 1.54) is 11.3 Å². The smallest absolute Gasteiger partial charge is 0.204 e. The van der Waals surface area contributed by atoms with Crippen molar-refractivity contribution in [3.05, 3.63) is 32.6 Å². The van der Waals surface area contributed by atoms with E-state index in [0.717, 1.165) is 15.6 Å². The second-order valence-corrected chi connectivity index (χ2v) is 6.86. The highest BCUT2D eigenvalue weighted by atomic mass is 79.9. The van der Waals surface area contributed by atoms with Crippen molar-refractivity contribution in [3.63, 3.8) is 0 Å². The number of aryl methyl sites for hydroxylation is 2. The predicted octanol–water partition coefficient (Wildman–Crippen LogP) is 3.10. The number of nitrogens with zero attached hydrogens (tertiary/aromatic N) is 2. The Labute approximate surface area is 164 Å². The van der Waals surface area contributed by atoms with Crippen molar-refractivity contribution in [2.75, 3.05) is 21.3 Å². The van der Waals surface area contributed by atoms with Gasteiger partial charge in [-0.2, -0.15) is 5.26 Å². The van der Waals surface area contributed by atoms with Gasteiger partial charge in [0.25, 0.3) is 0 Å². The molecule has 1 heterocycles. The fourth-order valence-electron chi connectivity index (χ4n) is 2.51. The predicted molar refractivity (Wildman–Crippen MR) is 106 cm³/mol. The van der Waals surface area contributed by atoms with Crippen molar-refractivity contribution in [3.8, 4) is 23.3 Å². The van der Waals surface area contributed by atoms with Crippen molar-refractivity contribution in [2.24, 2.45) is 16.5 Å². The van der Waals surface area contributed by atoms with Crippen LogP contribution in [0.15, 0.2) is 20.9 Å². The first kappa shape index (κ1) is 19.9. The molecule has 4 N–H and O–H groups in total. The van der Waals surface area contributed by atoms with Gasteiger partial charge in [-0.25, -0.2) is 4.99 Å². The summed E-state index contributed by atoms with van der Waals surface area (Å²) in [5.74, 6) is 1.60. The molecule has 0 atom stereocenters. The molecular formula is C17H19BrN4O3S. The van der Waals surface area contributed by atoms with Crippen molar-refractivity contribution in [1.29, 1.82) is 5.26 Å². The molecule has 0 amide bonds. The molecule has 1 aromatic carbocycles. The summed E-state index contributed by atoms with van der Waals surface area (Å²) in [5, 5.41) is 11.8. The number of hydrogen-bond acceptors (Lipinski definition) is 6. The maximum atomic E-state index is 9.43.